The minimum Gasteiger partial charge on any atom is -0.378 e. The van der Waals surface area contributed by atoms with E-state index in [0.717, 1.165) is 75.6 Å². The lowest BCUT2D eigenvalue weighted by atomic mass is 10.0. The summed E-state index contributed by atoms with van der Waals surface area (Å²) in [5, 5.41) is 9.15. The molecule has 0 aliphatic carbocycles. The quantitative estimate of drug-likeness (QED) is 0.404. The van der Waals surface area contributed by atoms with Gasteiger partial charge in [0.05, 0.1) is 18.9 Å². The number of piperidine rings is 1. The molecule has 0 radical (unpaired) electrons. The fourth-order valence-corrected chi connectivity index (χ4v) is 5.97. The number of anilines is 3. The topological polar surface area (TPSA) is 115 Å². The average molecular weight is 585 g/mol. The molecular formula is C32H40N8O3. The number of nitrogens with zero attached hydrogens (tertiary/aromatic N) is 5. The van der Waals surface area contributed by atoms with Gasteiger partial charge in [0, 0.05) is 66.8 Å². The molecule has 43 heavy (non-hydrogen) atoms. The van der Waals surface area contributed by atoms with Crippen LogP contribution in [-0.2, 0) is 17.7 Å². The first-order valence-corrected chi connectivity index (χ1v) is 15.1. The van der Waals surface area contributed by atoms with E-state index in [0.29, 0.717) is 42.0 Å². The van der Waals surface area contributed by atoms with E-state index in [2.05, 4.69) is 39.8 Å². The van der Waals surface area contributed by atoms with Crippen LogP contribution in [-0.4, -0.2) is 97.8 Å². The minimum atomic E-state index is -0.358. The second kappa shape index (κ2) is 13.1. The molecular weight excluding hydrogens is 544 g/mol. The first-order valence-electron chi connectivity index (χ1n) is 15.1. The standard InChI is InChI=1S/C32H40N8O3/c1-38(2)26-12-15-40(16-13-26)31(41)23-5-9-25(10-6-23)35-32(42)34-24-7-3-22(4-8-24)29-36-28-21-33-14-11-27(28)30(37-29)39-17-19-43-20-18-39/h3-10,26,33H,11-21H2,1-2H3,(H2,34,35,42). The van der Waals surface area contributed by atoms with Gasteiger partial charge in [-0.15, -0.1) is 0 Å². The molecule has 3 N–H and O–H groups in total. The van der Waals surface area contributed by atoms with Gasteiger partial charge in [-0.3, -0.25) is 4.79 Å². The van der Waals surface area contributed by atoms with E-state index in [4.69, 9.17) is 14.7 Å². The van der Waals surface area contributed by atoms with Crippen molar-refractivity contribution in [3.05, 3.63) is 65.4 Å². The zero-order chi connectivity index (χ0) is 29.8. The number of carbonyl (C=O) groups excluding carboxylic acids is 2. The Morgan fingerprint density at radius 1 is 0.907 bits per heavy atom. The van der Waals surface area contributed by atoms with Crippen LogP contribution in [0.1, 0.15) is 34.5 Å². The lowest BCUT2D eigenvalue weighted by molar-refractivity contribution is 0.0663. The molecule has 3 aliphatic rings. The third-order valence-electron chi connectivity index (χ3n) is 8.50. The van der Waals surface area contributed by atoms with Crippen LogP contribution in [0.3, 0.4) is 0 Å². The van der Waals surface area contributed by atoms with Gasteiger partial charge in [-0.05, 0) is 88.4 Å². The Hall–Kier alpha value is -4.06. The summed E-state index contributed by atoms with van der Waals surface area (Å²) in [7, 11) is 4.17. The molecule has 0 saturated carbocycles. The number of benzene rings is 2. The first-order chi connectivity index (χ1) is 20.9. The van der Waals surface area contributed by atoms with Crippen LogP contribution in [0.25, 0.3) is 11.4 Å². The largest absolute Gasteiger partial charge is 0.378 e. The molecule has 2 fully saturated rings. The summed E-state index contributed by atoms with van der Waals surface area (Å²) in [4.78, 5) is 42.0. The Balaban J connectivity index is 1.07. The molecule has 1 aromatic heterocycles. The molecule has 3 aliphatic heterocycles. The SMILES string of the molecule is CN(C)C1CCN(C(=O)c2ccc(NC(=O)Nc3ccc(-c4nc5c(c(N6CCOCC6)n4)CCNC5)cc3)cc2)CC1. The molecule has 226 valence electrons. The van der Waals surface area contributed by atoms with Crippen molar-refractivity contribution in [3.8, 4) is 11.4 Å². The number of hydrogen-bond acceptors (Lipinski definition) is 8. The molecule has 4 heterocycles. The highest BCUT2D eigenvalue weighted by Gasteiger charge is 2.25. The van der Waals surface area contributed by atoms with Crippen molar-refractivity contribution >= 4 is 29.1 Å². The van der Waals surface area contributed by atoms with Crippen LogP contribution < -0.4 is 20.9 Å². The number of carbonyl (C=O) groups is 2. The first kappa shape index (κ1) is 29.0. The van der Waals surface area contributed by atoms with Gasteiger partial charge in [0.1, 0.15) is 5.82 Å². The van der Waals surface area contributed by atoms with Crippen LogP contribution >= 0.6 is 0 Å². The van der Waals surface area contributed by atoms with Crippen molar-refractivity contribution in [2.45, 2.75) is 31.8 Å². The molecule has 3 amide bonds. The zero-order valence-corrected chi connectivity index (χ0v) is 24.9. The molecule has 11 heteroatoms. The van der Waals surface area contributed by atoms with E-state index >= 15 is 0 Å². The number of nitrogens with one attached hydrogen (secondary N) is 3. The number of rotatable bonds is 6. The monoisotopic (exact) mass is 584 g/mol. The van der Waals surface area contributed by atoms with Crippen LogP contribution in [0.5, 0.6) is 0 Å². The fourth-order valence-electron chi connectivity index (χ4n) is 5.97. The van der Waals surface area contributed by atoms with Gasteiger partial charge in [-0.2, -0.15) is 0 Å². The van der Waals surface area contributed by atoms with Crippen molar-refractivity contribution in [2.24, 2.45) is 0 Å². The number of urea groups is 1. The molecule has 0 unspecified atom stereocenters. The fraction of sp³-hybridized carbons (Fsp3) is 0.438. The van der Waals surface area contributed by atoms with Crippen LogP contribution in [0, 0.1) is 0 Å². The highest BCUT2D eigenvalue weighted by molar-refractivity contribution is 6.00. The maximum absolute atomic E-state index is 12.9. The van der Waals surface area contributed by atoms with Crippen molar-refractivity contribution in [3.63, 3.8) is 0 Å². The van der Waals surface area contributed by atoms with E-state index in [9.17, 15) is 9.59 Å². The summed E-state index contributed by atoms with van der Waals surface area (Å²) in [6.45, 7) is 6.22. The van der Waals surface area contributed by atoms with Gasteiger partial charge < -0.3 is 35.4 Å². The van der Waals surface area contributed by atoms with E-state index in [1.165, 1.54) is 5.56 Å². The Morgan fingerprint density at radius 2 is 1.56 bits per heavy atom. The molecule has 0 atom stereocenters. The predicted octanol–water partition coefficient (Wildman–Crippen LogP) is 3.44. The van der Waals surface area contributed by atoms with Crippen molar-refractivity contribution in [1.29, 1.82) is 0 Å². The van der Waals surface area contributed by atoms with Gasteiger partial charge >= 0.3 is 6.03 Å². The van der Waals surface area contributed by atoms with Crippen LogP contribution in [0.15, 0.2) is 48.5 Å². The summed E-state index contributed by atoms with van der Waals surface area (Å²) in [5.41, 5.74) is 5.05. The van der Waals surface area contributed by atoms with Gasteiger partial charge in [0.15, 0.2) is 5.82 Å². The van der Waals surface area contributed by atoms with Crippen LogP contribution in [0.4, 0.5) is 22.0 Å². The Kier molecular flexibility index (Phi) is 8.82. The average Bonchev–Trinajstić information content (AvgIpc) is 3.05. The Morgan fingerprint density at radius 3 is 2.21 bits per heavy atom. The number of ether oxygens (including phenoxy) is 1. The number of morpholine rings is 1. The smallest absolute Gasteiger partial charge is 0.323 e. The lowest BCUT2D eigenvalue weighted by Gasteiger charge is -2.35. The molecule has 3 aromatic rings. The second-order valence-corrected chi connectivity index (χ2v) is 11.5. The Labute approximate surface area is 252 Å². The lowest BCUT2D eigenvalue weighted by Crippen LogP contribution is -2.44. The molecule has 0 spiro atoms. The maximum Gasteiger partial charge on any atom is 0.323 e. The zero-order valence-electron chi connectivity index (χ0n) is 24.9. The molecule has 6 rings (SSSR count). The second-order valence-electron chi connectivity index (χ2n) is 11.5. The van der Waals surface area contributed by atoms with Crippen molar-refractivity contribution in [1.82, 2.24) is 25.1 Å². The highest BCUT2D eigenvalue weighted by atomic mass is 16.5. The summed E-state index contributed by atoms with van der Waals surface area (Å²) in [5.74, 6) is 1.72. The Bertz CT molecular complexity index is 1430. The van der Waals surface area contributed by atoms with E-state index in [-0.39, 0.29) is 11.9 Å². The van der Waals surface area contributed by atoms with Gasteiger partial charge in [0.25, 0.3) is 5.91 Å². The van der Waals surface area contributed by atoms with E-state index in [1.807, 2.05) is 29.2 Å². The molecule has 2 saturated heterocycles. The van der Waals surface area contributed by atoms with E-state index in [1.54, 1.807) is 24.3 Å². The van der Waals surface area contributed by atoms with Gasteiger partial charge in [-0.25, -0.2) is 14.8 Å². The normalized spacial score (nSPS) is 17.5. The third-order valence-corrected chi connectivity index (χ3v) is 8.50. The summed E-state index contributed by atoms with van der Waals surface area (Å²) in [6.07, 6.45) is 2.87. The van der Waals surface area contributed by atoms with Crippen molar-refractivity contribution < 1.29 is 14.3 Å². The number of fused-ring (bicyclic) bond motifs is 1. The summed E-state index contributed by atoms with van der Waals surface area (Å²) < 4.78 is 5.56. The molecule has 11 nitrogen and oxygen atoms in total. The number of likely N-dealkylation sites (tertiary alicyclic amines) is 1. The maximum atomic E-state index is 12.9. The highest BCUT2D eigenvalue weighted by Crippen LogP contribution is 2.29. The summed E-state index contributed by atoms with van der Waals surface area (Å²) >= 11 is 0. The van der Waals surface area contributed by atoms with Crippen molar-refractivity contribution in [2.75, 3.05) is 75.6 Å². The number of amides is 3. The van der Waals surface area contributed by atoms with Gasteiger partial charge in [-0.1, -0.05) is 0 Å². The molecule has 2 aromatic carbocycles. The van der Waals surface area contributed by atoms with Gasteiger partial charge in [0.2, 0.25) is 0 Å². The molecule has 0 bridgehead atoms. The predicted molar refractivity (Wildman–Crippen MR) is 168 cm³/mol. The summed E-state index contributed by atoms with van der Waals surface area (Å²) in [6, 6.07) is 14.8. The number of aromatic nitrogens is 2. The number of hydrogen-bond donors (Lipinski definition) is 3. The third kappa shape index (κ3) is 6.79. The minimum absolute atomic E-state index is 0.0320. The van der Waals surface area contributed by atoms with E-state index < -0.39 is 0 Å². The van der Waals surface area contributed by atoms with Crippen LogP contribution in [0.2, 0.25) is 0 Å².